The number of aliphatic hydroxyl groups is 1. The van der Waals surface area contributed by atoms with E-state index < -0.39 is 16.1 Å². The van der Waals surface area contributed by atoms with Crippen LogP contribution in [0, 0.1) is 6.92 Å². The van der Waals surface area contributed by atoms with E-state index in [1.165, 1.54) is 19.2 Å². The SMILES string of the molecule is [CH2][C@H](O)COc1cccc(S(=O)(=O)NC)c1. The number of rotatable bonds is 5. The van der Waals surface area contributed by atoms with Gasteiger partial charge in [-0.1, -0.05) is 6.07 Å². The fourth-order valence-corrected chi connectivity index (χ4v) is 1.81. The van der Waals surface area contributed by atoms with Crippen molar-refractivity contribution in [2.45, 2.75) is 11.0 Å². The Morgan fingerprint density at radius 1 is 1.56 bits per heavy atom. The molecule has 1 atom stereocenters. The minimum atomic E-state index is -3.47. The molecule has 2 N–H and O–H groups in total. The molecule has 6 heteroatoms. The van der Waals surface area contributed by atoms with Crippen molar-refractivity contribution in [3.63, 3.8) is 0 Å². The minimum absolute atomic E-state index is 0.0169. The largest absolute Gasteiger partial charge is 0.491 e. The monoisotopic (exact) mass is 244 g/mol. The summed E-state index contributed by atoms with van der Waals surface area (Å²) in [5.41, 5.74) is 0. The zero-order valence-corrected chi connectivity index (χ0v) is 9.70. The maximum atomic E-state index is 11.5. The molecule has 16 heavy (non-hydrogen) atoms. The lowest BCUT2D eigenvalue weighted by Gasteiger charge is -2.09. The van der Waals surface area contributed by atoms with E-state index in [0.717, 1.165) is 0 Å². The molecule has 0 saturated carbocycles. The van der Waals surface area contributed by atoms with E-state index in [2.05, 4.69) is 11.6 Å². The Kier molecular flexibility index (Phi) is 4.28. The van der Waals surface area contributed by atoms with Crippen LogP contribution in [-0.2, 0) is 10.0 Å². The maximum absolute atomic E-state index is 11.5. The summed E-state index contributed by atoms with van der Waals surface area (Å²) in [6.45, 7) is 3.36. The maximum Gasteiger partial charge on any atom is 0.240 e. The highest BCUT2D eigenvalue weighted by Gasteiger charge is 2.11. The lowest BCUT2D eigenvalue weighted by molar-refractivity contribution is 0.142. The van der Waals surface area contributed by atoms with E-state index >= 15 is 0 Å². The highest BCUT2D eigenvalue weighted by Crippen LogP contribution is 2.17. The van der Waals surface area contributed by atoms with Crippen molar-refractivity contribution in [1.82, 2.24) is 4.72 Å². The van der Waals surface area contributed by atoms with Crippen LogP contribution in [0.1, 0.15) is 0 Å². The Morgan fingerprint density at radius 3 is 2.81 bits per heavy atom. The van der Waals surface area contributed by atoms with Gasteiger partial charge in [0.1, 0.15) is 12.4 Å². The first-order chi connectivity index (χ1) is 7.45. The molecule has 0 heterocycles. The molecule has 1 aromatic rings. The highest BCUT2D eigenvalue weighted by molar-refractivity contribution is 7.89. The number of ether oxygens (including phenoxy) is 1. The number of sulfonamides is 1. The highest BCUT2D eigenvalue weighted by atomic mass is 32.2. The summed E-state index contributed by atoms with van der Waals surface area (Å²) in [5, 5.41) is 8.92. The van der Waals surface area contributed by atoms with Crippen molar-refractivity contribution in [3.05, 3.63) is 31.2 Å². The standard InChI is InChI=1S/C10H14NO4S/c1-8(12)7-15-9-4-3-5-10(6-9)16(13,14)11-2/h3-6,8,11-12H,1,7H2,2H3/t8-/m0/s1. The Bertz CT molecular complexity index is 442. The van der Waals surface area contributed by atoms with Crippen LogP contribution in [0.4, 0.5) is 0 Å². The van der Waals surface area contributed by atoms with Crippen molar-refractivity contribution in [3.8, 4) is 5.75 Å². The van der Waals surface area contributed by atoms with E-state index in [4.69, 9.17) is 9.84 Å². The van der Waals surface area contributed by atoms with Gasteiger partial charge in [0, 0.05) is 6.07 Å². The van der Waals surface area contributed by atoms with E-state index in [0.29, 0.717) is 5.75 Å². The fourth-order valence-electron chi connectivity index (χ4n) is 1.04. The molecule has 0 fully saturated rings. The van der Waals surface area contributed by atoms with Crippen LogP contribution < -0.4 is 9.46 Å². The molecule has 1 aromatic carbocycles. The van der Waals surface area contributed by atoms with Gasteiger partial charge < -0.3 is 9.84 Å². The van der Waals surface area contributed by atoms with Crippen molar-refractivity contribution in [1.29, 1.82) is 0 Å². The third kappa shape index (κ3) is 3.48. The summed E-state index contributed by atoms with van der Waals surface area (Å²) >= 11 is 0. The van der Waals surface area contributed by atoms with Crippen LogP contribution in [0.15, 0.2) is 29.2 Å². The lowest BCUT2D eigenvalue weighted by Crippen LogP contribution is -2.18. The predicted octanol–water partition coefficient (Wildman–Crippen LogP) is 0.168. The average molecular weight is 244 g/mol. The lowest BCUT2D eigenvalue weighted by atomic mass is 10.3. The Balaban J connectivity index is 2.87. The Labute approximate surface area is 95.1 Å². The van der Waals surface area contributed by atoms with Gasteiger partial charge in [0.2, 0.25) is 10.0 Å². The van der Waals surface area contributed by atoms with E-state index in [9.17, 15) is 8.42 Å². The van der Waals surface area contributed by atoms with E-state index in [-0.39, 0.29) is 11.5 Å². The van der Waals surface area contributed by atoms with Gasteiger partial charge in [0.05, 0.1) is 11.0 Å². The van der Waals surface area contributed by atoms with Crippen LogP contribution in [0.2, 0.25) is 0 Å². The van der Waals surface area contributed by atoms with Gasteiger partial charge in [0.15, 0.2) is 0 Å². The van der Waals surface area contributed by atoms with Gasteiger partial charge in [-0.25, -0.2) is 13.1 Å². The summed E-state index contributed by atoms with van der Waals surface area (Å²) in [6.07, 6.45) is -0.843. The first-order valence-electron chi connectivity index (χ1n) is 4.63. The van der Waals surface area contributed by atoms with Crippen LogP contribution in [-0.4, -0.2) is 33.3 Å². The molecular weight excluding hydrogens is 230 g/mol. The van der Waals surface area contributed by atoms with Crippen LogP contribution in [0.5, 0.6) is 5.75 Å². The van der Waals surface area contributed by atoms with Gasteiger partial charge in [-0.15, -0.1) is 0 Å². The molecule has 1 radical (unpaired) electrons. The van der Waals surface area contributed by atoms with Crippen molar-refractivity contribution >= 4 is 10.0 Å². The molecule has 89 valence electrons. The summed E-state index contributed by atoms with van der Waals surface area (Å²) in [4.78, 5) is 0.117. The van der Waals surface area contributed by atoms with Gasteiger partial charge in [-0.05, 0) is 26.1 Å². The molecule has 0 unspecified atom stereocenters. The molecular formula is C10H14NO4S. The van der Waals surface area contributed by atoms with Gasteiger partial charge in [-0.3, -0.25) is 0 Å². The Hall–Kier alpha value is -1.11. The molecule has 0 saturated heterocycles. The first kappa shape index (κ1) is 13.0. The number of benzene rings is 1. The first-order valence-corrected chi connectivity index (χ1v) is 6.11. The normalized spacial score (nSPS) is 13.4. The molecule has 0 aromatic heterocycles. The fraction of sp³-hybridized carbons (Fsp3) is 0.300. The summed E-state index contributed by atoms with van der Waals surface area (Å²) in [6, 6.07) is 6.01. The van der Waals surface area contributed by atoms with Gasteiger partial charge >= 0.3 is 0 Å². The second-order valence-corrected chi connectivity index (χ2v) is 5.03. The second-order valence-electron chi connectivity index (χ2n) is 3.15. The van der Waals surface area contributed by atoms with E-state index in [1.807, 2.05) is 0 Å². The quantitative estimate of drug-likeness (QED) is 0.774. The summed E-state index contributed by atoms with van der Waals surface area (Å²) < 4.78 is 30.3. The number of hydrogen-bond donors (Lipinski definition) is 2. The molecule has 0 aliphatic heterocycles. The van der Waals surface area contributed by atoms with Crippen molar-refractivity contribution in [2.24, 2.45) is 0 Å². The zero-order chi connectivity index (χ0) is 12.2. The smallest absolute Gasteiger partial charge is 0.240 e. The third-order valence-electron chi connectivity index (χ3n) is 1.83. The number of aliphatic hydroxyl groups excluding tert-OH is 1. The van der Waals surface area contributed by atoms with Crippen LogP contribution >= 0.6 is 0 Å². The Morgan fingerprint density at radius 2 is 2.25 bits per heavy atom. The van der Waals surface area contributed by atoms with Gasteiger partial charge in [0.25, 0.3) is 0 Å². The summed E-state index contributed by atoms with van der Waals surface area (Å²) in [7, 11) is -2.13. The predicted molar refractivity (Wildman–Crippen MR) is 59.5 cm³/mol. The molecule has 0 aliphatic rings. The molecule has 0 amide bonds. The van der Waals surface area contributed by atoms with E-state index in [1.54, 1.807) is 12.1 Å². The average Bonchev–Trinajstić information content (AvgIpc) is 2.27. The topological polar surface area (TPSA) is 75.6 Å². The molecule has 1 rings (SSSR count). The number of hydrogen-bond acceptors (Lipinski definition) is 4. The molecule has 0 bridgehead atoms. The second kappa shape index (κ2) is 5.29. The van der Waals surface area contributed by atoms with Crippen molar-refractivity contribution < 1.29 is 18.3 Å². The molecule has 5 nitrogen and oxygen atoms in total. The van der Waals surface area contributed by atoms with Crippen molar-refractivity contribution in [2.75, 3.05) is 13.7 Å². The van der Waals surface area contributed by atoms with Crippen LogP contribution in [0.3, 0.4) is 0 Å². The van der Waals surface area contributed by atoms with Gasteiger partial charge in [-0.2, -0.15) is 0 Å². The molecule has 0 spiro atoms. The third-order valence-corrected chi connectivity index (χ3v) is 3.24. The zero-order valence-electron chi connectivity index (χ0n) is 8.88. The summed E-state index contributed by atoms with van der Waals surface area (Å²) in [5.74, 6) is 0.374. The molecule has 0 aliphatic carbocycles. The number of nitrogens with one attached hydrogen (secondary N) is 1. The van der Waals surface area contributed by atoms with Crippen LogP contribution in [0.25, 0.3) is 0 Å². The minimum Gasteiger partial charge on any atom is -0.491 e.